The molecule has 0 fully saturated rings. The highest BCUT2D eigenvalue weighted by Gasteiger charge is 2.32. The van der Waals surface area contributed by atoms with Gasteiger partial charge in [0.2, 0.25) is 0 Å². The first kappa shape index (κ1) is 17.7. The van der Waals surface area contributed by atoms with Crippen LogP contribution in [0.2, 0.25) is 0 Å². The van der Waals surface area contributed by atoms with Gasteiger partial charge in [-0.05, 0) is 25.1 Å². The van der Waals surface area contributed by atoms with Crippen molar-refractivity contribution in [1.29, 1.82) is 0 Å². The maximum absolute atomic E-state index is 12.9. The van der Waals surface area contributed by atoms with Crippen molar-refractivity contribution in [2.75, 3.05) is 11.9 Å². The third kappa shape index (κ3) is 4.91. The third-order valence-electron chi connectivity index (χ3n) is 3.07. The van der Waals surface area contributed by atoms with Gasteiger partial charge in [-0.2, -0.15) is 13.2 Å². The molecule has 2 aromatic carbocycles. The van der Waals surface area contributed by atoms with E-state index in [9.17, 15) is 18.0 Å². The summed E-state index contributed by atoms with van der Waals surface area (Å²) in [5.41, 5.74) is -0.269. The van der Waals surface area contributed by atoms with E-state index in [-0.39, 0.29) is 18.8 Å². The van der Waals surface area contributed by atoms with Gasteiger partial charge in [0, 0.05) is 17.3 Å². The van der Waals surface area contributed by atoms with Crippen LogP contribution in [-0.4, -0.2) is 12.7 Å². The van der Waals surface area contributed by atoms with Crippen LogP contribution in [0.15, 0.2) is 48.5 Å². The Hall–Kier alpha value is -2.70. The van der Waals surface area contributed by atoms with Gasteiger partial charge in [0.1, 0.15) is 12.4 Å². The summed E-state index contributed by atoms with van der Waals surface area (Å²) < 4.78 is 49.0. The number of carbonyl (C=O) groups is 1. The predicted octanol–water partition coefficient (Wildman–Crippen LogP) is 4.85. The summed E-state index contributed by atoms with van der Waals surface area (Å²) in [6, 6.07) is 11.6. The number of benzene rings is 2. The Kier molecular flexibility index (Phi) is 5.68. The zero-order valence-electron chi connectivity index (χ0n) is 12.9. The first-order chi connectivity index (χ1) is 11.4. The second-order valence-corrected chi connectivity index (χ2v) is 4.82. The van der Waals surface area contributed by atoms with Crippen LogP contribution in [0.1, 0.15) is 18.1 Å². The number of rotatable bonds is 5. The van der Waals surface area contributed by atoms with E-state index in [1.807, 2.05) is 0 Å². The van der Waals surface area contributed by atoms with E-state index in [0.717, 1.165) is 6.07 Å². The van der Waals surface area contributed by atoms with E-state index in [4.69, 9.17) is 9.47 Å². The predicted molar refractivity (Wildman–Crippen MR) is 82.9 cm³/mol. The molecule has 0 atom stereocenters. The van der Waals surface area contributed by atoms with E-state index >= 15 is 0 Å². The molecule has 0 bridgehead atoms. The molecular weight excluding hydrogens is 323 g/mol. The van der Waals surface area contributed by atoms with Gasteiger partial charge in [0.25, 0.3) is 0 Å². The lowest BCUT2D eigenvalue weighted by Gasteiger charge is -2.14. The molecule has 1 amide bonds. The number of nitrogens with one attached hydrogen (secondary N) is 1. The fourth-order valence-corrected chi connectivity index (χ4v) is 2.03. The zero-order valence-corrected chi connectivity index (χ0v) is 12.9. The average molecular weight is 339 g/mol. The lowest BCUT2D eigenvalue weighted by molar-refractivity contribution is -0.138. The summed E-state index contributed by atoms with van der Waals surface area (Å²) in [5.74, 6) is 0.335. The van der Waals surface area contributed by atoms with Crippen LogP contribution in [-0.2, 0) is 17.5 Å². The smallest absolute Gasteiger partial charge is 0.416 e. The molecule has 1 N–H and O–H groups in total. The van der Waals surface area contributed by atoms with Crippen molar-refractivity contribution in [2.45, 2.75) is 19.7 Å². The summed E-state index contributed by atoms with van der Waals surface area (Å²) >= 11 is 0. The Morgan fingerprint density at radius 1 is 1.12 bits per heavy atom. The molecule has 4 nitrogen and oxygen atoms in total. The number of hydrogen-bond donors (Lipinski definition) is 1. The number of alkyl halides is 3. The third-order valence-corrected chi connectivity index (χ3v) is 3.07. The summed E-state index contributed by atoms with van der Waals surface area (Å²) in [6.07, 6.45) is -5.05. The van der Waals surface area contributed by atoms with Crippen LogP contribution >= 0.6 is 0 Å². The van der Waals surface area contributed by atoms with E-state index in [1.165, 1.54) is 24.3 Å². The first-order valence-corrected chi connectivity index (χ1v) is 7.22. The van der Waals surface area contributed by atoms with Crippen molar-refractivity contribution in [2.24, 2.45) is 0 Å². The molecule has 0 spiro atoms. The van der Waals surface area contributed by atoms with E-state index in [0.29, 0.717) is 11.4 Å². The van der Waals surface area contributed by atoms with Crippen LogP contribution in [0, 0.1) is 0 Å². The number of halogens is 3. The molecule has 0 aliphatic heterocycles. The SMILES string of the molecule is CCOC(=O)Nc1cccc(OCc2ccccc2C(F)(F)F)c1. The van der Waals surface area contributed by atoms with Crippen molar-refractivity contribution < 1.29 is 27.4 Å². The lowest BCUT2D eigenvalue weighted by Crippen LogP contribution is -2.13. The van der Waals surface area contributed by atoms with Crippen molar-refractivity contribution >= 4 is 11.8 Å². The van der Waals surface area contributed by atoms with Crippen molar-refractivity contribution in [3.8, 4) is 5.75 Å². The molecule has 0 heterocycles. The summed E-state index contributed by atoms with van der Waals surface area (Å²) in [6.45, 7) is 1.67. The largest absolute Gasteiger partial charge is 0.489 e. The topological polar surface area (TPSA) is 47.6 Å². The summed E-state index contributed by atoms with van der Waals surface area (Å²) in [4.78, 5) is 11.4. The molecule has 2 rings (SSSR count). The summed E-state index contributed by atoms with van der Waals surface area (Å²) in [5, 5.41) is 2.50. The standard InChI is InChI=1S/C17H16F3NO3/c1-2-23-16(22)21-13-7-5-8-14(10-13)24-11-12-6-3-4-9-15(12)17(18,19)20/h3-10H,2,11H2,1H3,(H,21,22). The Morgan fingerprint density at radius 3 is 2.58 bits per heavy atom. The Bertz CT molecular complexity index is 701. The van der Waals surface area contributed by atoms with E-state index in [1.54, 1.807) is 25.1 Å². The fraction of sp³-hybridized carbons (Fsp3) is 0.235. The lowest BCUT2D eigenvalue weighted by atomic mass is 10.1. The molecule has 0 radical (unpaired) electrons. The Morgan fingerprint density at radius 2 is 1.88 bits per heavy atom. The van der Waals surface area contributed by atoms with Gasteiger partial charge >= 0.3 is 12.3 Å². The summed E-state index contributed by atoms with van der Waals surface area (Å²) in [7, 11) is 0. The maximum Gasteiger partial charge on any atom is 0.416 e. The van der Waals surface area contributed by atoms with Gasteiger partial charge in [-0.3, -0.25) is 5.32 Å². The number of amides is 1. The molecule has 24 heavy (non-hydrogen) atoms. The molecular formula is C17H16F3NO3. The minimum absolute atomic E-state index is 0.0359. The van der Waals surface area contributed by atoms with Gasteiger partial charge in [0.05, 0.1) is 12.2 Å². The average Bonchev–Trinajstić information content (AvgIpc) is 2.53. The number of carbonyl (C=O) groups excluding carboxylic acids is 1. The molecule has 2 aromatic rings. The molecule has 0 saturated heterocycles. The van der Waals surface area contributed by atoms with Gasteiger partial charge < -0.3 is 9.47 Å². The van der Waals surface area contributed by atoms with Gasteiger partial charge in [-0.25, -0.2) is 4.79 Å². The van der Waals surface area contributed by atoms with Crippen molar-refractivity contribution in [1.82, 2.24) is 0 Å². The highest BCUT2D eigenvalue weighted by atomic mass is 19.4. The number of hydrogen-bond acceptors (Lipinski definition) is 3. The van der Waals surface area contributed by atoms with Crippen LogP contribution in [0.25, 0.3) is 0 Å². The molecule has 0 aliphatic carbocycles. The van der Waals surface area contributed by atoms with Gasteiger partial charge in [0.15, 0.2) is 0 Å². The number of ether oxygens (including phenoxy) is 2. The Balaban J connectivity index is 2.07. The quantitative estimate of drug-likeness (QED) is 0.847. The molecule has 0 aromatic heterocycles. The zero-order chi connectivity index (χ0) is 17.6. The van der Waals surface area contributed by atoms with E-state index < -0.39 is 17.8 Å². The Labute approximate surface area is 137 Å². The normalized spacial score (nSPS) is 11.0. The van der Waals surface area contributed by atoms with Crippen LogP contribution < -0.4 is 10.1 Å². The minimum Gasteiger partial charge on any atom is -0.489 e. The second kappa shape index (κ2) is 7.72. The highest BCUT2D eigenvalue weighted by Crippen LogP contribution is 2.32. The number of anilines is 1. The minimum atomic E-state index is -4.44. The van der Waals surface area contributed by atoms with Crippen molar-refractivity contribution in [3.63, 3.8) is 0 Å². The van der Waals surface area contributed by atoms with Crippen LogP contribution in [0.4, 0.5) is 23.7 Å². The maximum atomic E-state index is 12.9. The monoisotopic (exact) mass is 339 g/mol. The van der Waals surface area contributed by atoms with Gasteiger partial charge in [-0.15, -0.1) is 0 Å². The second-order valence-electron chi connectivity index (χ2n) is 4.82. The van der Waals surface area contributed by atoms with Crippen LogP contribution in [0.3, 0.4) is 0 Å². The molecule has 7 heteroatoms. The molecule has 0 saturated carbocycles. The molecule has 128 valence electrons. The molecule has 0 unspecified atom stereocenters. The van der Waals surface area contributed by atoms with Gasteiger partial charge in [-0.1, -0.05) is 24.3 Å². The van der Waals surface area contributed by atoms with Crippen LogP contribution in [0.5, 0.6) is 5.75 Å². The van der Waals surface area contributed by atoms with Crippen molar-refractivity contribution in [3.05, 3.63) is 59.7 Å². The van der Waals surface area contributed by atoms with E-state index in [2.05, 4.69) is 5.32 Å². The molecule has 0 aliphatic rings. The highest BCUT2D eigenvalue weighted by molar-refractivity contribution is 5.84. The fourth-order valence-electron chi connectivity index (χ4n) is 2.03. The first-order valence-electron chi connectivity index (χ1n) is 7.22.